The number of nitrogens with one attached hydrogen (secondary N) is 1. The van der Waals surface area contributed by atoms with Crippen molar-refractivity contribution in [1.82, 2.24) is 5.32 Å². The Morgan fingerprint density at radius 2 is 0.864 bits per heavy atom. The van der Waals surface area contributed by atoms with Crippen LogP contribution in [0.25, 0.3) is 0 Å². The molecule has 1 amide bonds. The molecular weight excluding hydrogens is 735 g/mol. The van der Waals surface area contributed by atoms with Crippen molar-refractivity contribution in [3.63, 3.8) is 0 Å². The average molecular weight is 840 g/mol. The van der Waals surface area contributed by atoms with Crippen molar-refractivity contribution in [2.24, 2.45) is 0 Å². The molecule has 1 unspecified atom stereocenters. The number of ether oxygens (including phenoxy) is 5. The normalized spacial score (nSPS) is 12.7. The lowest BCUT2D eigenvalue weighted by atomic mass is 10.0. The van der Waals surface area contributed by atoms with Crippen LogP contribution >= 0.6 is 0 Å². The topological polar surface area (TPSA) is 75.3 Å². The van der Waals surface area contributed by atoms with Crippen LogP contribution in [0, 0.1) is 0 Å². The molecule has 0 aromatic rings. The van der Waals surface area contributed by atoms with Crippen molar-refractivity contribution < 1.29 is 28.5 Å². The van der Waals surface area contributed by atoms with E-state index in [0.717, 1.165) is 32.5 Å². The second kappa shape index (κ2) is 43.7. The van der Waals surface area contributed by atoms with Crippen LogP contribution in [0.5, 0.6) is 0 Å². The summed E-state index contributed by atoms with van der Waals surface area (Å²) in [5, 5.41) is 2.90. The highest BCUT2D eigenvalue weighted by molar-refractivity contribution is 5.67. The number of carbonyl (C=O) groups excluding carboxylic acids is 1. The van der Waals surface area contributed by atoms with Gasteiger partial charge in [-0.05, 0) is 53.4 Å². The van der Waals surface area contributed by atoms with Gasteiger partial charge in [0, 0.05) is 33.3 Å². The molecule has 0 saturated carbocycles. The molecule has 0 spiro atoms. The van der Waals surface area contributed by atoms with Crippen molar-refractivity contribution >= 4 is 6.09 Å². The van der Waals surface area contributed by atoms with Gasteiger partial charge in [-0.1, -0.05) is 206 Å². The summed E-state index contributed by atoms with van der Waals surface area (Å²) < 4.78 is 29.6. The third-order valence-corrected chi connectivity index (χ3v) is 12.2. The third kappa shape index (κ3) is 45.0. The zero-order chi connectivity index (χ0) is 43.4. The molecule has 0 aromatic heterocycles. The van der Waals surface area contributed by atoms with Crippen molar-refractivity contribution in [2.75, 3.05) is 46.7 Å². The summed E-state index contributed by atoms with van der Waals surface area (Å²) in [5.74, 6) is 0. The van der Waals surface area contributed by atoms with Gasteiger partial charge in [0.1, 0.15) is 0 Å². The second-order valence-electron chi connectivity index (χ2n) is 19.1. The standard InChI is InChI=1S/C52H105NO6/c1-8-10-12-14-16-18-20-22-24-26-28-30-32-34-36-38-44-56-48-49(40-46-58-50(54)53-43-41-52(5,6)59-47-42-51(3,4)55-7)57-45-39-37-35-33-31-29-27-25-23-21-19-17-15-13-11-9-2/h49H,8-48H2,1-7H3,(H,53,54). The molecule has 59 heavy (non-hydrogen) atoms. The highest BCUT2D eigenvalue weighted by atomic mass is 16.6. The molecule has 0 fully saturated rings. The molecule has 7 nitrogen and oxygen atoms in total. The highest BCUT2D eigenvalue weighted by Gasteiger charge is 2.22. The molecular formula is C52H105NO6. The van der Waals surface area contributed by atoms with Gasteiger partial charge >= 0.3 is 6.09 Å². The minimum atomic E-state index is -0.382. The lowest BCUT2D eigenvalue weighted by Crippen LogP contribution is -2.35. The number of unbranched alkanes of at least 4 members (excludes halogenated alkanes) is 30. The summed E-state index contributed by atoms with van der Waals surface area (Å²) in [6.07, 6.45) is 45.5. The fourth-order valence-electron chi connectivity index (χ4n) is 7.63. The first-order valence-electron chi connectivity index (χ1n) is 25.9. The summed E-state index contributed by atoms with van der Waals surface area (Å²) >= 11 is 0. The summed E-state index contributed by atoms with van der Waals surface area (Å²) in [7, 11) is 1.73. The Labute approximate surface area is 369 Å². The fourth-order valence-corrected chi connectivity index (χ4v) is 7.63. The van der Waals surface area contributed by atoms with Crippen LogP contribution < -0.4 is 5.32 Å². The molecule has 0 bridgehead atoms. The van der Waals surface area contributed by atoms with Crippen LogP contribution in [0.15, 0.2) is 0 Å². The number of hydrogen-bond donors (Lipinski definition) is 1. The number of carbonyl (C=O) groups is 1. The lowest BCUT2D eigenvalue weighted by Gasteiger charge is -2.29. The van der Waals surface area contributed by atoms with Crippen LogP contribution in [0.4, 0.5) is 4.79 Å². The largest absolute Gasteiger partial charge is 0.449 e. The Hall–Kier alpha value is -0.890. The van der Waals surface area contributed by atoms with E-state index in [-0.39, 0.29) is 23.4 Å². The minimum Gasteiger partial charge on any atom is -0.449 e. The maximum absolute atomic E-state index is 12.5. The predicted molar refractivity (Wildman–Crippen MR) is 254 cm³/mol. The van der Waals surface area contributed by atoms with Gasteiger partial charge in [-0.25, -0.2) is 4.79 Å². The second-order valence-corrected chi connectivity index (χ2v) is 19.1. The smallest absolute Gasteiger partial charge is 0.407 e. The average Bonchev–Trinajstić information content (AvgIpc) is 3.21. The van der Waals surface area contributed by atoms with E-state index < -0.39 is 0 Å². The van der Waals surface area contributed by atoms with Crippen LogP contribution in [0.3, 0.4) is 0 Å². The minimum absolute atomic E-state index is 0.0520. The van der Waals surface area contributed by atoms with Crippen molar-refractivity contribution in [3.8, 4) is 0 Å². The zero-order valence-electron chi connectivity index (χ0n) is 41.0. The SMILES string of the molecule is CCCCCCCCCCCCCCCCCCOCC(CCOC(=O)NCCC(C)(C)OCCC(C)(C)OC)OCCCCCCCCCCCCCCCCCC. The van der Waals surface area contributed by atoms with E-state index in [1.807, 2.05) is 0 Å². The summed E-state index contributed by atoms with van der Waals surface area (Å²) in [6.45, 7) is 16.3. The molecule has 0 aliphatic rings. The lowest BCUT2D eigenvalue weighted by molar-refractivity contribution is -0.0606. The van der Waals surface area contributed by atoms with Crippen molar-refractivity contribution in [2.45, 2.75) is 284 Å². The first-order valence-corrected chi connectivity index (χ1v) is 25.9. The molecule has 0 aromatic carbocycles. The van der Waals surface area contributed by atoms with E-state index in [4.69, 9.17) is 23.7 Å². The molecule has 0 aliphatic heterocycles. The number of rotatable bonds is 48. The zero-order valence-corrected chi connectivity index (χ0v) is 41.0. The number of methoxy groups -OCH3 is 1. The van der Waals surface area contributed by atoms with Crippen LogP contribution in [0.2, 0.25) is 0 Å². The van der Waals surface area contributed by atoms with E-state index in [9.17, 15) is 4.79 Å². The van der Waals surface area contributed by atoms with Crippen LogP contribution in [-0.4, -0.2) is 70.1 Å². The van der Waals surface area contributed by atoms with Gasteiger partial charge in [0.2, 0.25) is 0 Å². The Bertz CT molecular complexity index is 851. The first kappa shape index (κ1) is 58.1. The first-order chi connectivity index (χ1) is 28.7. The van der Waals surface area contributed by atoms with E-state index >= 15 is 0 Å². The molecule has 7 heteroatoms. The number of alkyl carbamates (subject to hydrolysis) is 1. The van der Waals surface area contributed by atoms with E-state index in [1.54, 1.807) is 7.11 Å². The Morgan fingerprint density at radius 1 is 0.475 bits per heavy atom. The molecule has 354 valence electrons. The molecule has 1 atom stereocenters. The van der Waals surface area contributed by atoms with Gasteiger partial charge in [-0.15, -0.1) is 0 Å². The Kier molecular flexibility index (Phi) is 43.1. The molecule has 0 rings (SSSR count). The van der Waals surface area contributed by atoms with E-state index in [0.29, 0.717) is 39.2 Å². The highest BCUT2D eigenvalue weighted by Crippen LogP contribution is 2.19. The van der Waals surface area contributed by atoms with Crippen LogP contribution in [-0.2, 0) is 23.7 Å². The number of hydrogen-bond acceptors (Lipinski definition) is 6. The van der Waals surface area contributed by atoms with E-state index in [1.165, 1.54) is 193 Å². The Morgan fingerprint density at radius 3 is 1.27 bits per heavy atom. The van der Waals surface area contributed by atoms with Gasteiger partial charge in [0.05, 0.1) is 37.1 Å². The maximum atomic E-state index is 12.5. The van der Waals surface area contributed by atoms with Gasteiger partial charge in [-0.3, -0.25) is 0 Å². The van der Waals surface area contributed by atoms with Crippen LogP contribution in [0.1, 0.15) is 266 Å². The maximum Gasteiger partial charge on any atom is 0.407 e. The summed E-state index contributed by atoms with van der Waals surface area (Å²) in [6, 6.07) is 0. The summed E-state index contributed by atoms with van der Waals surface area (Å²) in [4.78, 5) is 12.5. The number of amides is 1. The monoisotopic (exact) mass is 840 g/mol. The van der Waals surface area contributed by atoms with Crippen molar-refractivity contribution in [3.05, 3.63) is 0 Å². The fraction of sp³-hybridized carbons (Fsp3) is 0.981. The molecule has 0 aliphatic carbocycles. The molecule has 0 radical (unpaired) electrons. The predicted octanol–water partition coefficient (Wildman–Crippen LogP) is 16.0. The molecule has 1 N–H and O–H groups in total. The molecule has 0 heterocycles. The van der Waals surface area contributed by atoms with E-state index in [2.05, 4.69) is 46.9 Å². The van der Waals surface area contributed by atoms with Gasteiger partial charge in [-0.2, -0.15) is 0 Å². The quantitative estimate of drug-likeness (QED) is 0.0615. The van der Waals surface area contributed by atoms with Gasteiger partial charge in [0.15, 0.2) is 0 Å². The van der Waals surface area contributed by atoms with Gasteiger partial charge in [0.25, 0.3) is 0 Å². The third-order valence-electron chi connectivity index (χ3n) is 12.2. The Balaban J connectivity index is 4.22. The summed E-state index contributed by atoms with van der Waals surface area (Å²) in [5.41, 5.74) is -0.547. The van der Waals surface area contributed by atoms with Crippen molar-refractivity contribution in [1.29, 1.82) is 0 Å². The molecule has 0 saturated heterocycles. The van der Waals surface area contributed by atoms with Gasteiger partial charge < -0.3 is 29.0 Å².